The number of nitrogens with zero attached hydrogens (tertiary/aromatic N) is 1. The van der Waals surface area contributed by atoms with Gasteiger partial charge in [-0.15, -0.1) is 0 Å². The minimum Gasteiger partial charge on any atom is -0.368 e. The first kappa shape index (κ1) is 17.2. The fourth-order valence-electron chi connectivity index (χ4n) is 2.87. The zero-order valence-electron chi connectivity index (χ0n) is 14.0. The molecular formula is C20H21N3O2. The van der Waals surface area contributed by atoms with Crippen LogP contribution >= 0.6 is 0 Å². The molecule has 2 aromatic carbocycles. The molecule has 2 N–H and O–H groups in total. The third-order valence-electron chi connectivity index (χ3n) is 4.13. The Hall–Kier alpha value is -2.68. The maximum absolute atomic E-state index is 12.1. The number of hydrogen-bond donors (Lipinski definition) is 2. The van der Waals surface area contributed by atoms with Gasteiger partial charge in [0.15, 0.2) is 0 Å². The molecule has 0 bridgehead atoms. The second-order valence-electron chi connectivity index (χ2n) is 6.11. The molecule has 1 aliphatic rings. The van der Waals surface area contributed by atoms with Crippen molar-refractivity contribution in [3.63, 3.8) is 0 Å². The number of anilines is 1. The molecule has 1 atom stereocenters. The molecule has 3 rings (SSSR count). The Bertz CT molecular complexity index is 777. The summed E-state index contributed by atoms with van der Waals surface area (Å²) in [5.41, 5.74) is 3.60. The van der Waals surface area contributed by atoms with Gasteiger partial charge in [-0.3, -0.25) is 4.79 Å². The zero-order valence-corrected chi connectivity index (χ0v) is 14.0. The molecule has 1 saturated heterocycles. The smallest absolute Gasteiger partial charge is 0.253 e. The quantitative estimate of drug-likeness (QED) is 0.851. The van der Waals surface area contributed by atoms with E-state index < -0.39 is 0 Å². The number of hydrogen-bond acceptors (Lipinski definition) is 4. The van der Waals surface area contributed by atoms with Gasteiger partial charge >= 0.3 is 0 Å². The van der Waals surface area contributed by atoms with Crippen LogP contribution in [0.2, 0.25) is 0 Å². The lowest BCUT2D eigenvalue weighted by Gasteiger charge is -2.12. The molecule has 128 valence electrons. The Balaban J connectivity index is 1.52. The van der Waals surface area contributed by atoms with E-state index in [0.717, 1.165) is 29.7 Å². The highest BCUT2D eigenvalue weighted by Gasteiger charge is 2.23. The van der Waals surface area contributed by atoms with E-state index in [0.29, 0.717) is 25.3 Å². The van der Waals surface area contributed by atoms with Crippen LogP contribution in [0.1, 0.15) is 29.5 Å². The van der Waals surface area contributed by atoms with Crippen LogP contribution < -0.4 is 10.6 Å². The summed E-state index contributed by atoms with van der Waals surface area (Å²) in [7, 11) is 0. The average molecular weight is 335 g/mol. The SMILES string of the molecule is N#Cc1cccc(CNCc2cccc(NC(=O)C3CCCO3)c2)c1. The number of amides is 1. The Morgan fingerprint density at radius 3 is 2.64 bits per heavy atom. The average Bonchev–Trinajstić information content (AvgIpc) is 3.17. The lowest BCUT2D eigenvalue weighted by Crippen LogP contribution is -2.26. The summed E-state index contributed by atoms with van der Waals surface area (Å²) in [4.78, 5) is 12.1. The Morgan fingerprint density at radius 2 is 1.92 bits per heavy atom. The summed E-state index contributed by atoms with van der Waals surface area (Å²) < 4.78 is 5.40. The first-order chi connectivity index (χ1) is 12.2. The van der Waals surface area contributed by atoms with Gasteiger partial charge < -0.3 is 15.4 Å². The van der Waals surface area contributed by atoms with Gasteiger partial charge in [-0.05, 0) is 48.2 Å². The van der Waals surface area contributed by atoms with Gasteiger partial charge in [0.05, 0.1) is 11.6 Å². The Kier molecular flexibility index (Phi) is 5.78. The van der Waals surface area contributed by atoms with Crippen molar-refractivity contribution in [2.24, 2.45) is 0 Å². The van der Waals surface area contributed by atoms with Crippen molar-refractivity contribution in [2.75, 3.05) is 11.9 Å². The van der Waals surface area contributed by atoms with Crippen LogP contribution in [0, 0.1) is 11.3 Å². The maximum atomic E-state index is 12.1. The topological polar surface area (TPSA) is 74.2 Å². The van der Waals surface area contributed by atoms with Crippen molar-refractivity contribution in [1.82, 2.24) is 5.32 Å². The summed E-state index contributed by atoms with van der Waals surface area (Å²) in [6, 6.07) is 17.5. The predicted molar refractivity (Wildman–Crippen MR) is 95.7 cm³/mol. The van der Waals surface area contributed by atoms with Gasteiger partial charge in [0, 0.05) is 25.4 Å². The molecule has 0 spiro atoms. The molecule has 1 amide bonds. The van der Waals surface area contributed by atoms with Gasteiger partial charge in [-0.2, -0.15) is 5.26 Å². The van der Waals surface area contributed by atoms with Crippen LogP contribution in [-0.2, 0) is 22.6 Å². The van der Waals surface area contributed by atoms with Crippen molar-refractivity contribution < 1.29 is 9.53 Å². The summed E-state index contributed by atoms with van der Waals surface area (Å²) in [6.07, 6.45) is 1.40. The van der Waals surface area contributed by atoms with Crippen LogP contribution in [0.5, 0.6) is 0 Å². The number of nitrogens with one attached hydrogen (secondary N) is 2. The largest absolute Gasteiger partial charge is 0.368 e. The lowest BCUT2D eigenvalue weighted by atomic mass is 10.1. The van der Waals surface area contributed by atoms with Crippen LogP contribution in [0.15, 0.2) is 48.5 Å². The van der Waals surface area contributed by atoms with E-state index in [2.05, 4.69) is 16.7 Å². The van der Waals surface area contributed by atoms with Crippen molar-refractivity contribution >= 4 is 11.6 Å². The highest BCUT2D eigenvalue weighted by Crippen LogP contribution is 2.16. The molecule has 0 saturated carbocycles. The minimum atomic E-state index is -0.325. The third kappa shape index (κ3) is 4.90. The third-order valence-corrected chi connectivity index (χ3v) is 4.13. The van der Waals surface area contributed by atoms with Crippen molar-refractivity contribution in [3.05, 3.63) is 65.2 Å². The highest BCUT2D eigenvalue weighted by molar-refractivity contribution is 5.94. The summed E-state index contributed by atoms with van der Waals surface area (Å²) in [6.45, 7) is 2.03. The fourth-order valence-corrected chi connectivity index (χ4v) is 2.87. The van der Waals surface area contributed by atoms with Gasteiger partial charge in [0.2, 0.25) is 0 Å². The van der Waals surface area contributed by atoms with Gasteiger partial charge in [0.1, 0.15) is 6.10 Å². The van der Waals surface area contributed by atoms with Crippen LogP contribution in [0.4, 0.5) is 5.69 Å². The molecular weight excluding hydrogens is 314 g/mol. The first-order valence-corrected chi connectivity index (χ1v) is 8.46. The number of nitriles is 1. The standard InChI is InChI=1S/C20H21N3O2/c21-12-15-4-1-5-16(10-15)13-22-14-17-6-2-7-18(11-17)23-20(24)19-8-3-9-25-19/h1-2,4-7,10-11,19,22H,3,8-9,13-14H2,(H,23,24). The molecule has 0 radical (unpaired) electrons. The molecule has 1 fully saturated rings. The van der Waals surface area contributed by atoms with E-state index in [1.54, 1.807) is 6.07 Å². The van der Waals surface area contributed by atoms with E-state index >= 15 is 0 Å². The summed E-state index contributed by atoms with van der Waals surface area (Å²) >= 11 is 0. The fraction of sp³-hybridized carbons (Fsp3) is 0.300. The molecule has 1 aliphatic heterocycles. The molecule has 1 unspecified atom stereocenters. The number of ether oxygens (including phenoxy) is 1. The number of benzene rings is 2. The molecule has 5 heteroatoms. The lowest BCUT2D eigenvalue weighted by molar-refractivity contribution is -0.124. The van der Waals surface area contributed by atoms with E-state index in [1.807, 2.05) is 42.5 Å². The second kappa shape index (κ2) is 8.43. The number of rotatable bonds is 6. The van der Waals surface area contributed by atoms with E-state index in [1.165, 1.54) is 0 Å². The Labute approximate surface area is 147 Å². The first-order valence-electron chi connectivity index (χ1n) is 8.46. The van der Waals surface area contributed by atoms with E-state index in [9.17, 15) is 4.79 Å². The van der Waals surface area contributed by atoms with Crippen LogP contribution in [0.25, 0.3) is 0 Å². The van der Waals surface area contributed by atoms with E-state index in [4.69, 9.17) is 10.00 Å². The predicted octanol–water partition coefficient (Wildman–Crippen LogP) is 2.97. The zero-order chi connectivity index (χ0) is 17.5. The summed E-state index contributed by atoms with van der Waals surface area (Å²) in [5, 5.41) is 15.2. The molecule has 5 nitrogen and oxygen atoms in total. The van der Waals surface area contributed by atoms with Crippen molar-refractivity contribution in [1.29, 1.82) is 5.26 Å². The minimum absolute atomic E-state index is 0.0732. The van der Waals surface area contributed by atoms with E-state index in [-0.39, 0.29) is 12.0 Å². The molecule has 0 aromatic heterocycles. The van der Waals surface area contributed by atoms with Gasteiger partial charge in [-0.25, -0.2) is 0 Å². The van der Waals surface area contributed by atoms with Crippen LogP contribution in [-0.4, -0.2) is 18.6 Å². The molecule has 25 heavy (non-hydrogen) atoms. The number of carbonyl (C=O) groups excluding carboxylic acids is 1. The second-order valence-corrected chi connectivity index (χ2v) is 6.11. The van der Waals surface area contributed by atoms with Crippen molar-refractivity contribution in [2.45, 2.75) is 32.0 Å². The molecule has 0 aliphatic carbocycles. The van der Waals surface area contributed by atoms with Crippen LogP contribution in [0.3, 0.4) is 0 Å². The highest BCUT2D eigenvalue weighted by atomic mass is 16.5. The van der Waals surface area contributed by atoms with Gasteiger partial charge in [0.25, 0.3) is 5.91 Å². The summed E-state index contributed by atoms with van der Waals surface area (Å²) in [5.74, 6) is -0.0732. The molecule has 1 heterocycles. The maximum Gasteiger partial charge on any atom is 0.253 e. The Morgan fingerprint density at radius 1 is 1.16 bits per heavy atom. The van der Waals surface area contributed by atoms with Crippen molar-refractivity contribution in [3.8, 4) is 6.07 Å². The monoisotopic (exact) mass is 335 g/mol. The normalized spacial score (nSPS) is 16.4. The number of carbonyl (C=O) groups is 1. The molecule has 2 aromatic rings. The van der Waals surface area contributed by atoms with Gasteiger partial charge in [-0.1, -0.05) is 24.3 Å².